The fourth-order valence-corrected chi connectivity index (χ4v) is 3.09. The molecule has 8 heteroatoms. The first kappa shape index (κ1) is 19.6. The van der Waals surface area contributed by atoms with E-state index in [4.69, 9.17) is 5.11 Å². The minimum atomic E-state index is -0.864. The molecule has 1 saturated heterocycles. The molecule has 28 heavy (non-hydrogen) atoms. The minimum absolute atomic E-state index is 0.324. The van der Waals surface area contributed by atoms with Gasteiger partial charge in [0.1, 0.15) is 0 Å². The van der Waals surface area contributed by atoms with E-state index in [0.29, 0.717) is 37.6 Å². The molecular weight excluding hydrogens is 358 g/mol. The number of benzene rings is 1. The van der Waals surface area contributed by atoms with Crippen LogP contribution in [0.25, 0.3) is 0 Å². The van der Waals surface area contributed by atoms with E-state index in [1.165, 1.54) is 4.90 Å². The van der Waals surface area contributed by atoms with Crippen molar-refractivity contribution >= 4 is 23.5 Å². The van der Waals surface area contributed by atoms with Crippen LogP contribution < -0.4 is 10.6 Å². The molecule has 0 aliphatic carbocycles. The van der Waals surface area contributed by atoms with Gasteiger partial charge in [-0.05, 0) is 49.2 Å². The van der Waals surface area contributed by atoms with Gasteiger partial charge in [-0.3, -0.25) is 9.88 Å². The lowest BCUT2D eigenvalue weighted by Crippen LogP contribution is -2.47. The van der Waals surface area contributed by atoms with Gasteiger partial charge in [0, 0.05) is 44.1 Å². The van der Waals surface area contributed by atoms with Crippen LogP contribution in [0.2, 0.25) is 0 Å². The summed E-state index contributed by atoms with van der Waals surface area (Å²) < 4.78 is 0. The lowest BCUT2D eigenvalue weighted by Gasteiger charge is -2.33. The van der Waals surface area contributed by atoms with Gasteiger partial charge in [-0.2, -0.15) is 0 Å². The van der Waals surface area contributed by atoms with Gasteiger partial charge < -0.3 is 20.6 Å². The molecule has 0 unspecified atom stereocenters. The van der Waals surface area contributed by atoms with Gasteiger partial charge in [0.05, 0.1) is 11.9 Å². The van der Waals surface area contributed by atoms with Crippen LogP contribution in [-0.2, 0) is 6.54 Å². The highest BCUT2D eigenvalue weighted by Crippen LogP contribution is 2.19. The smallest absolute Gasteiger partial charge is 0.407 e. The first-order valence-electron chi connectivity index (χ1n) is 9.21. The van der Waals surface area contributed by atoms with Crippen LogP contribution in [0.3, 0.4) is 0 Å². The highest BCUT2D eigenvalue weighted by Gasteiger charge is 2.20. The van der Waals surface area contributed by atoms with Gasteiger partial charge >= 0.3 is 12.1 Å². The second-order valence-electron chi connectivity index (χ2n) is 6.95. The molecule has 2 heterocycles. The molecule has 8 nitrogen and oxygen atoms in total. The molecule has 1 aliphatic heterocycles. The lowest BCUT2D eigenvalue weighted by molar-refractivity contribution is 0.103. The summed E-state index contributed by atoms with van der Waals surface area (Å²) in [6.45, 7) is 7.06. The third kappa shape index (κ3) is 5.20. The molecule has 2 aromatic rings. The Kier molecular flexibility index (Phi) is 6.10. The number of nitrogens with zero attached hydrogens (tertiary/aromatic N) is 3. The van der Waals surface area contributed by atoms with Crippen molar-refractivity contribution in [2.24, 2.45) is 0 Å². The molecule has 3 amide bonds. The third-order valence-electron chi connectivity index (χ3n) is 4.81. The van der Waals surface area contributed by atoms with E-state index in [1.54, 1.807) is 12.3 Å². The maximum absolute atomic E-state index is 12.2. The molecule has 0 saturated carbocycles. The van der Waals surface area contributed by atoms with E-state index in [2.05, 4.69) is 20.5 Å². The van der Waals surface area contributed by atoms with Crippen LogP contribution in [0.5, 0.6) is 0 Å². The van der Waals surface area contributed by atoms with Crippen LogP contribution >= 0.6 is 0 Å². The summed E-state index contributed by atoms with van der Waals surface area (Å²) in [5.41, 5.74) is 4.47. The number of urea groups is 1. The molecule has 148 valence electrons. The van der Waals surface area contributed by atoms with Crippen molar-refractivity contribution < 1.29 is 14.7 Å². The number of pyridine rings is 1. The number of anilines is 2. The first-order chi connectivity index (χ1) is 13.4. The summed E-state index contributed by atoms with van der Waals surface area (Å²) in [6.07, 6.45) is 0.753. The first-order valence-corrected chi connectivity index (χ1v) is 9.21. The standard InChI is InChI=1S/C20H25N5O3/c1-14-3-5-17(22-19(26)23-18-6-4-15(2)21-12-18)11-16(14)13-24-7-9-25(10-8-24)20(27)28/h3-6,11-12H,7-10,13H2,1-2H3,(H,27,28)(H2,22,23,26). The number of rotatable bonds is 4. The molecule has 3 N–H and O–H groups in total. The maximum Gasteiger partial charge on any atom is 0.407 e. The van der Waals surface area contributed by atoms with Gasteiger partial charge in [-0.15, -0.1) is 0 Å². The summed E-state index contributed by atoms with van der Waals surface area (Å²) in [5, 5.41) is 14.7. The number of nitrogens with one attached hydrogen (secondary N) is 2. The van der Waals surface area contributed by atoms with Crippen molar-refractivity contribution in [3.05, 3.63) is 53.3 Å². The zero-order valence-electron chi connectivity index (χ0n) is 16.1. The van der Waals surface area contributed by atoms with Crippen LogP contribution in [0.1, 0.15) is 16.8 Å². The van der Waals surface area contributed by atoms with Crippen LogP contribution in [0.4, 0.5) is 21.0 Å². The van der Waals surface area contributed by atoms with E-state index >= 15 is 0 Å². The molecule has 1 aromatic heterocycles. The van der Waals surface area contributed by atoms with Gasteiger partial charge in [0.2, 0.25) is 0 Å². The normalized spacial score (nSPS) is 14.6. The van der Waals surface area contributed by atoms with Gasteiger partial charge in [0.25, 0.3) is 0 Å². The number of carbonyl (C=O) groups excluding carboxylic acids is 1. The maximum atomic E-state index is 12.2. The summed E-state index contributed by atoms with van der Waals surface area (Å²) in [4.78, 5) is 31.1. The topological polar surface area (TPSA) is 97.8 Å². The molecule has 0 spiro atoms. The predicted molar refractivity (Wildman–Crippen MR) is 108 cm³/mol. The third-order valence-corrected chi connectivity index (χ3v) is 4.81. The fourth-order valence-electron chi connectivity index (χ4n) is 3.09. The number of piperazine rings is 1. The number of hydrogen-bond donors (Lipinski definition) is 3. The predicted octanol–water partition coefficient (Wildman–Crippen LogP) is 3.14. The second kappa shape index (κ2) is 8.71. The molecule has 0 bridgehead atoms. The number of carbonyl (C=O) groups is 2. The van der Waals surface area contributed by atoms with E-state index in [0.717, 1.165) is 23.4 Å². The Balaban J connectivity index is 1.59. The van der Waals surface area contributed by atoms with Crippen molar-refractivity contribution in [2.45, 2.75) is 20.4 Å². The Bertz CT molecular complexity index is 845. The van der Waals surface area contributed by atoms with Crippen LogP contribution in [-0.4, -0.2) is 58.2 Å². The highest BCUT2D eigenvalue weighted by molar-refractivity contribution is 5.99. The minimum Gasteiger partial charge on any atom is -0.465 e. The Hall–Kier alpha value is -3.13. The van der Waals surface area contributed by atoms with Crippen molar-refractivity contribution in [2.75, 3.05) is 36.8 Å². The van der Waals surface area contributed by atoms with Crippen molar-refractivity contribution in [1.29, 1.82) is 0 Å². The Morgan fingerprint density at radius 3 is 2.36 bits per heavy atom. The Morgan fingerprint density at radius 2 is 1.71 bits per heavy atom. The summed E-state index contributed by atoms with van der Waals surface area (Å²) in [5.74, 6) is 0. The van der Waals surface area contributed by atoms with E-state index in [-0.39, 0.29) is 6.03 Å². The lowest BCUT2D eigenvalue weighted by atomic mass is 10.1. The average Bonchev–Trinajstić information content (AvgIpc) is 2.67. The van der Waals surface area contributed by atoms with Gasteiger partial charge in [0.15, 0.2) is 0 Å². The Morgan fingerprint density at radius 1 is 1.04 bits per heavy atom. The Labute approximate surface area is 164 Å². The fraction of sp³-hybridized carbons (Fsp3) is 0.350. The molecule has 0 radical (unpaired) electrons. The number of carboxylic acid groups (broad SMARTS) is 1. The quantitative estimate of drug-likeness (QED) is 0.753. The van der Waals surface area contributed by atoms with Crippen molar-refractivity contribution in [3.63, 3.8) is 0 Å². The monoisotopic (exact) mass is 383 g/mol. The number of aryl methyl sites for hydroxylation is 2. The zero-order chi connectivity index (χ0) is 20.1. The largest absolute Gasteiger partial charge is 0.465 e. The van der Waals surface area contributed by atoms with Gasteiger partial charge in [-0.25, -0.2) is 9.59 Å². The molecule has 3 rings (SSSR count). The van der Waals surface area contributed by atoms with Crippen LogP contribution in [0, 0.1) is 13.8 Å². The van der Waals surface area contributed by atoms with Crippen molar-refractivity contribution in [3.8, 4) is 0 Å². The number of amides is 3. The SMILES string of the molecule is Cc1ccc(NC(=O)Nc2ccc(C)c(CN3CCN(C(=O)O)CC3)c2)cn1. The number of aromatic nitrogens is 1. The highest BCUT2D eigenvalue weighted by atomic mass is 16.4. The number of hydrogen-bond acceptors (Lipinski definition) is 4. The molecule has 1 fully saturated rings. The molecular formula is C20H25N5O3. The summed E-state index contributed by atoms with van der Waals surface area (Å²) >= 11 is 0. The van der Waals surface area contributed by atoms with E-state index in [1.807, 2.05) is 38.1 Å². The van der Waals surface area contributed by atoms with E-state index in [9.17, 15) is 9.59 Å². The zero-order valence-corrected chi connectivity index (χ0v) is 16.1. The van der Waals surface area contributed by atoms with Gasteiger partial charge in [-0.1, -0.05) is 6.07 Å². The van der Waals surface area contributed by atoms with E-state index < -0.39 is 6.09 Å². The molecule has 1 aliphatic rings. The average molecular weight is 383 g/mol. The molecule has 0 atom stereocenters. The summed E-state index contributed by atoms with van der Waals surface area (Å²) in [6, 6.07) is 9.13. The molecule has 1 aromatic carbocycles. The second-order valence-corrected chi connectivity index (χ2v) is 6.95. The summed E-state index contributed by atoms with van der Waals surface area (Å²) in [7, 11) is 0. The van der Waals surface area contributed by atoms with Crippen molar-refractivity contribution in [1.82, 2.24) is 14.8 Å². The van der Waals surface area contributed by atoms with Crippen LogP contribution in [0.15, 0.2) is 36.5 Å².